The molecule has 4 heterocycles. The Morgan fingerprint density at radius 3 is 2.48 bits per heavy atom. The minimum atomic E-state index is -3.92. The number of hydrogen-bond acceptors (Lipinski definition) is 9. The van der Waals surface area contributed by atoms with E-state index in [9.17, 15) is 40.0 Å². The molecule has 1 fully saturated rings. The number of amides is 1. The first-order valence-corrected chi connectivity index (χ1v) is 20.5. The van der Waals surface area contributed by atoms with Crippen LogP contribution in [0, 0.1) is 17.6 Å². The molecule has 8 rings (SSSR count). The van der Waals surface area contributed by atoms with Crippen LogP contribution in [0.25, 0.3) is 27.6 Å². The molecule has 0 spiro atoms. The number of rotatable bonds is 14. The summed E-state index contributed by atoms with van der Waals surface area (Å²) in [6.45, 7) is -1.49. The van der Waals surface area contributed by atoms with E-state index >= 15 is 8.78 Å². The molecule has 0 bridgehead atoms. The van der Waals surface area contributed by atoms with Gasteiger partial charge >= 0.3 is 0 Å². The SMILES string of the molecule is Cn1nc(NS(C)(=O)=O)c2c(Cl)ccc(-n3c([C@H](Cc4cc(F)cc(F)c4)NC(=O)Cn4nc(C(F)F)c5c4C(F)(F)[C@@H]4C[C@H]54)nc4nc(NCCCF)ccc4c3=O)c21. The highest BCUT2D eigenvalue weighted by Crippen LogP contribution is 2.68. The fourth-order valence-corrected chi connectivity index (χ4v) is 8.58. The van der Waals surface area contributed by atoms with Gasteiger partial charge in [-0.1, -0.05) is 11.6 Å². The molecular formula is C37H32ClF7N10O4S. The van der Waals surface area contributed by atoms with E-state index in [4.69, 9.17) is 11.6 Å². The Kier molecular flexibility index (Phi) is 10.3. The maximum atomic E-state index is 15.5. The number of benzene rings is 2. The van der Waals surface area contributed by atoms with Crippen LogP contribution in [0.5, 0.6) is 0 Å². The van der Waals surface area contributed by atoms with Crippen molar-refractivity contribution in [1.29, 1.82) is 0 Å². The highest BCUT2D eigenvalue weighted by Gasteiger charge is 2.67. The molecule has 0 radical (unpaired) electrons. The monoisotopic (exact) mass is 880 g/mol. The fraction of sp³-hybridized carbons (Fsp3) is 0.351. The third kappa shape index (κ3) is 7.39. The molecule has 3 atom stereocenters. The topological polar surface area (TPSA) is 171 Å². The second-order valence-electron chi connectivity index (χ2n) is 14.6. The summed E-state index contributed by atoms with van der Waals surface area (Å²) in [5, 5.41) is 13.4. The Hall–Kier alpha value is -5.77. The van der Waals surface area contributed by atoms with Crippen molar-refractivity contribution in [3.63, 3.8) is 0 Å². The van der Waals surface area contributed by atoms with E-state index < -0.39 is 94.4 Å². The summed E-state index contributed by atoms with van der Waals surface area (Å²) < 4.78 is 131. The number of halogens is 8. The van der Waals surface area contributed by atoms with Crippen molar-refractivity contribution < 1.29 is 43.9 Å². The standard InChI is InChI=1S/C37H32ClF7N10O4S/c1-53-30-24(6-5-22(38)28(30)34(51-53)52-60(2,58)59)55-35(49-33-19(36(55)57)4-7-25(48-33)46-9-3-8-39)23(12-16-10-17(40)13-18(41)11-16)47-26(56)15-54-31-27(29(50-54)32(42)43)20-14-21(20)37(31,44)45/h4-7,10-11,13,20-21,23,32H,3,8-9,12,14-15H2,1-2H3,(H,46,48)(H,47,56)(H,51,52)/t20-,21+,23-/m0/s1. The van der Waals surface area contributed by atoms with Gasteiger partial charge in [-0.15, -0.1) is 0 Å². The lowest BCUT2D eigenvalue weighted by Gasteiger charge is -2.24. The van der Waals surface area contributed by atoms with Crippen molar-refractivity contribution in [3.8, 4) is 5.69 Å². The lowest BCUT2D eigenvalue weighted by Crippen LogP contribution is -2.38. The maximum Gasteiger partial charge on any atom is 0.293 e. The van der Waals surface area contributed by atoms with Gasteiger partial charge in [0.05, 0.1) is 46.0 Å². The molecule has 0 unspecified atom stereocenters. The Morgan fingerprint density at radius 2 is 1.80 bits per heavy atom. The van der Waals surface area contributed by atoms with Gasteiger partial charge in [-0.2, -0.15) is 19.0 Å². The van der Waals surface area contributed by atoms with Gasteiger partial charge in [0.2, 0.25) is 15.9 Å². The summed E-state index contributed by atoms with van der Waals surface area (Å²) in [5.74, 6) is -9.09. The molecule has 316 valence electrons. The van der Waals surface area contributed by atoms with Crippen LogP contribution in [0.15, 0.2) is 47.3 Å². The summed E-state index contributed by atoms with van der Waals surface area (Å²) in [4.78, 5) is 37.9. The molecule has 23 heteroatoms. The molecule has 2 aromatic carbocycles. The summed E-state index contributed by atoms with van der Waals surface area (Å²) in [7, 11) is -2.49. The van der Waals surface area contributed by atoms with E-state index in [2.05, 4.69) is 35.5 Å². The van der Waals surface area contributed by atoms with E-state index in [-0.39, 0.29) is 80.6 Å². The van der Waals surface area contributed by atoms with Gasteiger partial charge < -0.3 is 10.6 Å². The van der Waals surface area contributed by atoms with E-state index in [1.807, 2.05) is 0 Å². The van der Waals surface area contributed by atoms with Crippen LogP contribution >= 0.6 is 11.6 Å². The molecule has 1 amide bonds. The van der Waals surface area contributed by atoms with Gasteiger partial charge in [0.25, 0.3) is 17.9 Å². The number of sulfonamides is 1. The number of aryl methyl sites for hydroxylation is 1. The van der Waals surface area contributed by atoms with Gasteiger partial charge in [0.1, 0.15) is 41.2 Å². The highest BCUT2D eigenvalue weighted by atomic mass is 35.5. The quantitative estimate of drug-likeness (QED) is 0.0854. The average molecular weight is 881 g/mol. The largest absolute Gasteiger partial charge is 0.370 e. The number of hydrogen-bond donors (Lipinski definition) is 3. The van der Waals surface area contributed by atoms with Crippen molar-refractivity contribution in [3.05, 3.63) is 97.8 Å². The first-order chi connectivity index (χ1) is 28.4. The molecule has 0 saturated heterocycles. The second-order valence-corrected chi connectivity index (χ2v) is 16.7. The number of aromatic nitrogens is 7. The van der Waals surface area contributed by atoms with E-state index in [1.165, 1.54) is 36.0 Å². The van der Waals surface area contributed by atoms with Gasteiger partial charge in [-0.3, -0.25) is 32.6 Å². The number of alkyl halides is 5. The molecule has 3 N–H and O–H groups in total. The van der Waals surface area contributed by atoms with Gasteiger partial charge in [0, 0.05) is 37.6 Å². The van der Waals surface area contributed by atoms with Crippen LogP contribution in [-0.4, -0.2) is 67.9 Å². The molecule has 1 saturated carbocycles. The summed E-state index contributed by atoms with van der Waals surface area (Å²) >= 11 is 6.58. The van der Waals surface area contributed by atoms with Crippen molar-refractivity contribution in [2.45, 2.75) is 50.1 Å². The molecule has 60 heavy (non-hydrogen) atoms. The zero-order valence-corrected chi connectivity index (χ0v) is 32.9. The summed E-state index contributed by atoms with van der Waals surface area (Å²) in [6.07, 6.45) is -2.73. The normalized spacial score (nSPS) is 17.2. The van der Waals surface area contributed by atoms with Crippen LogP contribution in [0.4, 0.5) is 42.4 Å². The molecule has 2 aliphatic rings. The highest BCUT2D eigenvalue weighted by molar-refractivity contribution is 7.92. The minimum absolute atomic E-state index is 0.00598. The van der Waals surface area contributed by atoms with Crippen LogP contribution in [0.2, 0.25) is 5.02 Å². The average Bonchev–Trinajstić information content (AvgIpc) is 3.70. The van der Waals surface area contributed by atoms with Gasteiger partial charge in [-0.25, -0.2) is 35.9 Å². The summed E-state index contributed by atoms with van der Waals surface area (Å²) in [5.41, 5.74) is -3.04. The van der Waals surface area contributed by atoms with Crippen LogP contribution in [0.1, 0.15) is 59.6 Å². The predicted octanol–water partition coefficient (Wildman–Crippen LogP) is 6.19. The number of pyridine rings is 1. The second kappa shape index (κ2) is 15.0. The fourth-order valence-electron chi connectivity index (χ4n) is 7.84. The van der Waals surface area contributed by atoms with E-state index in [1.54, 1.807) is 0 Å². The third-order valence-corrected chi connectivity index (χ3v) is 11.2. The lowest BCUT2D eigenvalue weighted by atomic mass is 10.0. The zero-order valence-electron chi connectivity index (χ0n) is 31.3. The smallest absolute Gasteiger partial charge is 0.293 e. The molecule has 4 aromatic heterocycles. The third-order valence-electron chi connectivity index (χ3n) is 10.3. The number of carbonyl (C=O) groups is 1. The minimum Gasteiger partial charge on any atom is -0.370 e. The Morgan fingerprint density at radius 1 is 1.07 bits per heavy atom. The van der Waals surface area contributed by atoms with E-state index in [0.29, 0.717) is 10.7 Å². The van der Waals surface area contributed by atoms with Crippen molar-refractivity contribution in [2.75, 3.05) is 29.5 Å². The molecule has 0 aliphatic heterocycles. The Bertz CT molecular complexity index is 2890. The molecule has 6 aromatic rings. The van der Waals surface area contributed by atoms with Crippen LogP contribution in [-0.2, 0) is 40.8 Å². The van der Waals surface area contributed by atoms with Crippen molar-refractivity contribution >= 4 is 61.1 Å². The van der Waals surface area contributed by atoms with Crippen LogP contribution in [0.3, 0.4) is 0 Å². The lowest BCUT2D eigenvalue weighted by molar-refractivity contribution is -0.123. The molecular weight excluding hydrogens is 849 g/mol. The Balaban J connectivity index is 1.32. The molecule has 2 aliphatic carbocycles. The Labute approximate surface area is 339 Å². The summed E-state index contributed by atoms with van der Waals surface area (Å²) in [6, 6.07) is 6.46. The van der Waals surface area contributed by atoms with Crippen LogP contribution < -0.4 is 20.9 Å². The maximum absolute atomic E-state index is 15.5. The van der Waals surface area contributed by atoms with Gasteiger partial charge in [-0.05, 0) is 60.7 Å². The molecule has 14 nitrogen and oxygen atoms in total. The number of carbonyl (C=O) groups excluding carboxylic acids is 1. The van der Waals surface area contributed by atoms with Crippen molar-refractivity contribution in [2.24, 2.45) is 13.0 Å². The first-order valence-electron chi connectivity index (χ1n) is 18.2. The van der Waals surface area contributed by atoms with E-state index in [0.717, 1.165) is 23.0 Å². The predicted molar refractivity (Wildman–Crippen MR) is 205 cm³/mol. The number of fused-ring (bicyclic) bond motifs is 5. The number of nitrogens with one attached hydrogen (secondary N) is 3. The number of nitrogens with zero attached hydrogens (tertiary/aromatic N) is 7. The van der Waals surface area contributed by atoms with Gasteiger partial charge in [0.15, 0.2) is 11.5 Å². The first kappa shape index (κ1) is 41.0. The zero-order chi connectivity index (χ0) is 43.0. The number of anilines is 2. The van der Waals surface area contributed by atoms with Crippen molar-refractivity contribution in [1.82, 2.24) is 39.4 Å².